The van der Waals surface area contributed by atoms with Gasteiger partial charge in [-0.1, -0.05) is 0 Å². The van der Waals surface area contributed by atoms with Crippen molar-refractivity contribution in [3.63, 3.8) is 0 Å². The summed E-state index contributed by atoms with van der Waals surface area (Å²) in [6.45, 7) is 6.13. The Labute approximate surface area is 122 Å². The first-order chi connectivity index (χ1) is 9.69. The fourth-order valence-corrected chi connectivity index (χ4v) is 2.72. The van der Waals surface area contributed by atoms with Crippen LogP contribution in [0.2, 0.25) is 19.6 Å². The van der Waals surface area contributed by atoms with Gasteiger partial charge in [-0.25, -0.2) is 4.79 Å². The van der Waals surface area contributed by atoms with E-state index in [0.29, 0.717) is 0 Å². The predicted molar refractivity (Wildman–Crippen MR) is 76.5 cm³/mol. The summed E-state index contributed by atoms with van der Waals surface area (Å²) in [5.74, 6) is 0. The molecule has 3 N–H and O–H groups in total. The average molecular weight is 316 g/mol. The van der Waals surface area contributed by atoms with E-state index < -0.39 is 44.1 Å². The zero-order chi connectivity index (χ0) is 15.8. The number of aromatic nitrogens is 2. The SMILES string of the molecule is C[Si](C)(C)OCC1OC(n2ccc(=O)[nH]c2=O)C(O)C1O. The van der Waals surface area contributed by atoms with Gasteiger partial charge in [0, 0.05) is 12.3 Å². The summed E-state index contributed by atoms with van der Waals surface area (Å²) in [6.07, 6.45) is -2.99. The van der Waals surface area contributed by atoms with E-state index in [2.05, 4.69) is 4.98 Å². The lowest BCUT2D eigenvalue weighted by Crippen LogP contribution is -2.38. The molecule has 8 nitrogen and oxygen atoms in total. The predicted octanol–water partition coefficient (Wildman–Crippen LogP) is -0.993. The fraction of sp³-hybridized carbons (Fsp3) is 0.667. The van der Waals surface area contributed by atoms with Gasteiger partial charge in [-0.15, -0.1) is 0 Å². The Kier molecular flexibility index (Phi) is 4.49. The van der Waals surface area contributed by atoms with Crippen LogP contribution in [-0.4, -0.2) is 53.0 Å². The Morgan fingerprint density at radius 2 is 2.00 bits per heavy atom. The van der Waals surface area contributed by atoms with Crippen molar-refractivity contribution >= 4 is 8.32 Å². The van der Waals surface area contributed by atoms with Gasteiger partial charge in [-0.2, -0.15) is 0 Å². The number of ether oxygens (including phenoxy) is 1. The molecule has 118 valence electrons. The van der Waals surface area contributed by atoms with Crippen molar-refractivity contribution in [1.82, 2.24) is 9.55 Å². The van der Waals surface area contributed by atoms with E-state index in [1.165, 1.54) is 6.20 Å². The average Bonchev–Trinajstić information content (AvgIpc) is 2.64. The molecule has 1 aromatic heterocycles. The molecular formula is C12H20N2O6Si. The summed E-state index contributed by atoms with van der Waals surface area (Å²) in [7, 11) is -1.78. The topological polar surface area (TPSA) is 114 Å². The van der Waals surface area contributed by atoms with Gasteiger partial charge < -0.3 is 19.4 Å². The highest BCUT2D eigenvalue weighted by atomic mass is 28.4. The first kappa shape index (κ1) is 16.1. The van der Waals surface area contributed by atoms with Crippen LogP contribution >= 0.6 is 0 Å². The third-order valence-electron chi connectivity index (χ3n) is 3.14. The Morgan fingerprint density at radius 3 is 2.57 bits per heavy atom. The molecule has 1 aliphatic rings. The van der Waals surface area contributed by atoms with E-state index in [1.54, 1.807) is 0 Å². The first-order valence-electron chi connectivity index (χ1n) is 6.66. The Morgan fingerprint density at radius 1 is 1.33 bits per heavy atom. The summed E-state index contributed by atoms with van der Waals surface area (Å²) in [5.41, 5.74) is -1.24. The molecule has 2 rings (SSSR count). The number of nitrogens with one attached hydrogen (secondary N) is 1. The molecule has 21 heavy (non-hydrogen) atoms. The number of aliphatic hydroxyl groups excluding tert-OH is 2. The standard InChI is InChI=1S/C12H20N2O6Si/c1-21(2,3)19-6-7-9(16)10(17)11(20-7)14-5-4-8(15)13-12(14)18/h4-5,7,9-11,16-17H,6H2,1-3H3,(H,13,15,18). The van der Waals surface area contributed by atoms with Crippen molar-refractivity contribution in [3.8, 4) is 0 Å². The number of nitrogens with zero attached hydrogens (tertiary/aromatic N) is 1. The molecule has 0 amide bonds. The summed E-state index contributed by atoms with van der Waals surface area (Å²) in [4.78, 5) is 24.8. The van der Waals surface area contributed by atoms with Gasteiger partial charge in [0.1, 0.15) is 18.3 Å². The second kappa shape index (κ2) is 5.85. The summed E-state index contributed by atoms with van der Waals surface area (Å²) in [6, 6.07) is 1.15. The minimum Gasteiger partial charge on any atom is -0.415 e. The smallest absolute Gasteiger partial charge is 0.330 e. The lowest BCUT2D eigenvalue weighted by Gasteiger charge is -2.22. The molecule has 0 saturated carbocycles. The van der Waals surface area contributed by atoms with Crippen LogP contribution in [0, 0.1) is 0 Å². The third kappa shape index (κ3) is 3.69. The summed E-state index contributed by atoms with van der Waals surface area (Å²) < 4.78 is 12.2. The van der Waals surface area contributed by atoms with Crippen LogP contribution in [-0.2, 0) is 9.16 Å². The van der Waals surface area contributed by atoms with Crippen LogP contribution in [0.3, 0.4) is 0 Å². The van der Waals surface area contributed by atoms with Gasteiger partial charge in [-0.3, -0.25) is 14.3 Å². The van der Waals surface area contributed by atoms with Gasteiger partial charge >= 0.3 is 5.69 Å². The molecule has 1 aromatic rings. The zero-order valence-electron chi connectivity index (χ0n) is 12.1. The maximum absolute atomic E-state index is 11.7. The van der Waals surface area contributed by atoms with Crippen molar-refractivity contribution in [2.75, 3.05) is 6.61 Å². The molecule has 0 radical (unpaired) electrons. The van der Waals surface area contributed by atoms with Crippen LogP contribution in [0.5, 0.6) is 0 Å². The molecule has 4 unspecified atom stereocenters. The van der Waals surface area contributed by atoms with Crippen molar-refractivity contribution in [1.29, 1.82) is 0 Å². The van der Waals surface area contributed by atoms with Crippen LogP contribution in [0.15, 0.2) is 21.9 Å². The highest BCUT2D eigenvalue weighted by Gasteiger charge is 2.44. The highest BCUT2D eigenvalue weighted by Crippen LogP contribution is 2.28. The fourth-order valence-electron chi connectivity index (χ4n) is 2.06. The second-order valence-corrected chi connectivity index (χ2v) is 10.5. The first-order valence-corrected chi connectivity index (χ1v) is 10.1. The van der Waals surface area contributed by atoms with Crippen molar-refractivity contribution in [3.05, 3.63) is 33.1 Å². The number of rotatable bonds is 4. The molecule has 1 saturated heterocycles. The Hall–Kier alpha value is -1.26. The maximum atomic E-state index is 11.7. The van der Waals surface area contributed by atoms with Crippen LogP contribution in [0.4, 0.5) is 0 Å². The number of hydrogen-bond acceptors (Lipinski definition) is 6. The molecular weight excluding hydrogens is 296 g/mol. The van der Waals surface area contributed by atoms with Gasteiger partial charge in [0.05, 0.1) is 6.61 Å². The lowest BCUT2D eigenvalue weighted by molar-refractivity contribution is -0.0525. The van der Waals surface area contributed by atoms with E-state index in [0.717, 1.165) is 10.6 Å². The molecule has 1 aliphatic heterocycles. The van der Waals surface area contributed by atoms with Gasteiger partial charge in [0.25, 0.3) is 5.56 Å². The number of aromatic amines is 1. The number of aliphatic hydroxyl groups is 2. The molecule has 9 heteroatoms. The molecule has 2 heterocycles. The van der Waals surface area contributed by atoms with E-state index in [9.17, 15) is 19.8 Å². The largest absolute Gasteiger partial charge is 0.415 e. The number of hydrogen-bond donors (Lipinski definition) is 3. The quantitative estimate of drug-likeness (QED) is 0.615. The second-order valence-electron chi connectivity index (χ2n) is 5.99. The van der Waals surface area contributed by atoms with E-state index >= 15 is 0 Å². The summed E-state index contributed by atoms with van der Waals surface area (Å²) >= 11 is 0. The van der Waals surface area contributed by atoms with Gasteiger partial charge in [0.2, 0.25) is 0 Å². The molecule has 4 atom stereocenters. The Balaban J connectivity index is 2.16. The lowest BCUT2D eigenvalue weighted by atomic mass is 10.1. The van der Waals surface area contributed by atoms with Crippen molar-refractivity contribution < 1.29 is 19.4 Å². The van der Waals surface area contributed by atoms with E-state index in [4.69, 9.17) is 9.16 Å². The molecule has 0 bridgehead atoms. The van der Waals surface area contributed by atoms with Gasteiger partial charge in [-0.05, 0) is 19.6 Å². The normalized spacial score (nSPS) is 29.8. The van der Waals surface area contributed by atoms with Crippen LogP contribution in [0.25, 0.3) is 0 Å². The van der Waals surface area contributed by atoms with Crippen LogP contribution < -0.4 is 11.2 Å². The molecule has 1 fully saturated rings. The van der Waals surface area contributed by atoms with E-state index in [1.807, 2.05) is 19.6 Å². The van der Waals surface area contributed by atoms with Crippen molar-refractivity contribution in [2.45, 2.75) is 44.2 Å². The summed E-state index contributed by atoms with van der Waals surface area (Å²) in [5, 5.41) is 20.0. The minimum atomic E-state index is -1.78. The molecule has 0 aromatic carbocycles. The highest BCUT2D eigenvalue weighted by molar-refractivity contribution is 6.69. The van der Waals surface area contributed by atoms with E-state index in [-0.39, 0.29) is 6.61 Å². The zero-order valence-corrected chi connectivity index (χ0v) is 13.1. The minimum absolute atomic E-state index is 0.141. The number of H-pyrrole nitrogens is 1. The third-order valence-corrected chi connectivity index (χ3v) is 4.18. The van der Waals surface area contributed by atoms with Crippen molar-refractivity contribution in [2.24, 2.45) is 0 Å². The van der Waals surface area contributed by atoms with Crippen LogP contribution in [0.1, 0.15) is 6.23 Å². The molecule has 0 spiro atoms. The Bertz CT molecular complexity index is 607. The monoisotopic (exact) mass is 316 g/mol. The molecule has 0 aliphatic carbocycles. The van der Waals surface area contributed by atoms with Gasteiger partial charge in [0.15, 0.2) is 14.5 Å². The maximum Gasteiger partial charge on any atom is 0.330 e.